The van der Waals surface area contributed by atoms with E-state index in [4.69, 9.17) is 14.2 Å². The topological polar surface area (TPSA) is 52.2 Å². The van der Waals surface area contributed by atoms with Crippen LogP contribution in [0.1, 0.15) is 0 Å². The summed E-state index contributed by atoms with van der Waals surface area (Å²) in [6.07, 6.45) is 0. The molecule has 3 aliphatic rings. The largest absolute Gasteiger partial charge is 0.453 e. The molecule has 0 amide bonds. The van der Waals surface area contributed by atoms with E-state index in [0.29, 0.717) is 0 Å². The van der Waals surface area contributed by atoms with Crippen molar-refractivity contribution in [2.24, 2.45) is 0 Å². The summed E-state index contributed by atoms with van der Waals surface area (Å²) >= 11 is 0. The predicted molar refractivity (Wildman–Crippen MR) is 577 cm³/mol. The van der Waals surface area contributed by atoms with Crippen LogP contribution in [0.3, 0.4) is 0 Å². The molecule has 25 aromatic rings. The maximum absolute atomic E-state index is 6.40. The number of benzene rings is 22. The van der Waals surface area contributed by atoms with E-state index in [1.807, 2.05) is 30.3 Å². The average molecular weight is 1780 g/mol. The third-order valence-corrected chi connectivity index (χ3v) is 27.3. The van der Waals surface area contributed by atoms with Gasteiger partial charge in [0.25, 0.3) is 0 Å². The van der Waals surface area contributed by atoms with Gasteiger partial charge in [0.2, 0.25) is 0 Å². The molecule has 3 aliphatic heterocycles. The fourth-order valence-electron chi connectivity index (χ4n) is 21.1. The van der Waals surface area contributed by atoms with Crippen LogP contribution in [0.5, 0.6) is 34.5 Å². The zero-order valence-electron chi connectivity index (χ0n) is 75.6. The van der Waals surface area contributed by atoms with Gasteiger partial charge < -0.3 is 42.6 Å². The van der Waals surface area contributed by atoms with E-state index >= 15 is 0 Å². The zero-order chi connectivity index (χ0) is 91.8. The van der Waals surface area contributed by atoms with E-state index in [0.717, 1.165) is 130 Å². The van der Waals surface area contributed by atoms with Crippen molar-refractivity contribution < 1.29 is 14.2 Å². The highest BCUT2D eigenvalue weighted by Gasteiger charge is 2.31. The minimum absolute atomic E-state index is 0.868. The van der Waals surface area contributed by atoms with Crippen LogP contribution in [-0.4, -0.2) is 13.7 Å². The number of nitrogens with zero attached hydrogens (tertiary/aromatic N) is 6. The number of anilines is 9. The molecular formula is C130H86N6O3. The average Bonchev–Trinajstić information content (AvgIpc) is 1.56. The van der Waals surface area contributed by atoms with E-state index in [9.17, 15) is 0 Å². The number of rotatable bonds is 15. The predicted octanol–water partition coefficient (Wildman–Crippen LogP) is 36.2. The Hall–Kier alpha value is -18.7. The van der Waals surface area contributed by atoms with Crippen molar-refractivity contribution in [1.29, 1.82) is 0 Å². The summed E-state index contributed by atoms with van der Waals surface area (Å²) in [6.45, 7) is 0. The molecule has 0 aliphatic carbocycles. The van der Waals surface area contributed by atoms with Gasteiger partial charge in [0.1, 0.15) is 0 Å². The SMILES string of the molecule is c1ccc(-c2ccc(N(c3ccc(-c4ccccc4)cc3)c3ccc(-c4cccc5c6cccc7c6n(c45)-c4ccccc4O7)cc3)cc2)cc1.c1ccc(-c2ccccc2N(c2ccc(-c3cccc4c5cccc6c5n(c34)-c3ccccc3O6)cc2)c2cccc3ccccc23)cc1.c1ccc(N(c2ccccc2)c2ccc(-c3cccc4c5cccc6c5n(c34)-c3ccccc3O6)cc2)cc1. The summed E-state index contributed by atoms with van der Waals surface area (Å²) in [7, 11) is 0. The second kappa shape index (κ2) is 34.4. The van der Waals surface area contributed by atoms with Crippen molar-refractivity contribution in [2.45, 2.75) is 0 Å². The Morgan fingerprint density at radius 1 is 0.137 bits per heavy atom. The van der Waals surface area contributed by atoms with Crippen molar-refractivity contribution >= 4 is 127 Å². The lowest BCUT2D eigenvalue weighted by atomic mass is 9.99. The maximum atomic E-state index is 6.40. The minimum atomic E-state index is 0.868. The van der Waals surface area contributed by atoms with Crippen LogP contribution in [0.4, 0.5) is 51.2 Å². The van der Waals surface area contributed by atoms with Crippen LogP contribution in [0, 0.1) is 0 Å². The summed E-state index contributed by atoms with van der Waals surface area (Å²) in [4.78, 5) is 7.03. The van der Waals surface area contributed by atoms with Crippen LogP contribution < -0.4 is 28.9 Å². The van der Waals surface area contributed by atoms with E-state index in [2.05, 4.69) is 520 Å². The Bertz CT molecular complexity index is 8870. The van der Waals surface area contributed by atoms with Gasteiger partial charge >= 0.3 is 0 Å². The Kier molecular flexibility index (Phi) is 20.1. The van der Waals surface area contributed by atoms with Gasteiger partial charge in [-0.3, -0.25) is 0 Å². The van der Waals surface area contributed by atoms with Gasteiger partial charge in [-0.1, -0.05) is 370 Å². The first-order valence-electron chi connectivity index (χ1n) is 47.3. The van der Waals surface area contributed by atoms with Gasteiger partial charge in [-0.05, 0) is 202 Å². The number of aromatic nitrogens is 3. The van der Waals surface area contributed by atoms with Crippen LogP contribution in [0.15, 0.2) is 522 Å². The first-order chi connectivity index (χ1) is 69.0. The molecule has 0 saturated heterocycles. The van der Waals surface area contributed by atoms with Crippen molar-refractivity contribution in [3.63, 3.8) is 0 Å². The monoisotopic (exact) mass is 1780 g/mol. The first kappa shape index (κ1) is 81.1. The molecule has 139 heavy (non-hydrogen) atoms. The molecule has 0 fully saturated rings. The summed E-state index contributed by atoms with van der Waals surface area (Å²) < 4.78 is 26.3. The number of ether oxygens (including phenoxy) is 3. The van der Waals surface area contributed by atoms with Crippen molar-refractivity contribution in [2.75, 3.05) is 14.7 Å². The van der Waals surface area contributed by atoms with E-state index in [1.54, 1.807) is 0 Å². The molecule has 654 valence electrons. The second-order valence-corrected chi connectivity index (χ2v) is 35.3. The molecule has 0 saturated carbocycles. The Labute approximate surface area is 804 Å². The van der Waals surface area contributed by atoms with E-state index in [-0.39, 0.29) is 0 Å². The van der Waals surface area contributed by atoms with Crippen molar-refractivity contribution in [3.05, 3.63) is 522 Å². The number of hydrogen-bond donors (Lipinski definition) is 0. The molecule has 3 aromatic heterocycles. The Morgan fingerprint density at radius 2 is 0.367 bits per heavy atom. The highest BCUT2D eigenvalue weighted by Crippen LogP contribution is 2.54. The molecule has 0 atom stereocenters. The molecule has 0 radical (unpaired) electrons. The molecule has 22 aromatic carbocycles. The molecule has 0 unspecified atom stereocenters. The highest BCUT2D eigenvalue weighted by atomic mass is 16.5. The summed E-state index contributed by atoms with van der Waals surface area (Å²) in [5, 5.41) is 9.67. The minimum Gasteiger partial charge on any atom is -0.453 e. The van der Waals surface area contributed by atoms with E-state index < -0.39 is 0 Å². The van der Waals surface area contributed by atoms with Gasteiger partial charge in [-0.2, -0.15) is 0 Å². The molecule has 0 bridgehead atoms. The third kappa shape index (κ3) is 14.2. The van der Waals surface area contributed by atoms with Gasteiger partial charge in [0.05, 0.1) is 61.5 Å². The quantitative estimate of drug-likeness (QED) is 0.102. The van der Waals surface area contributed by atoms with Crippen LogP contribution in [0.2, 0.25) is 0 Å². The van der Waals surface area contributed by atoms with Crippen LogP contribution in [-0.2, 0) is 0 Å². The molecule has 0 spiro atoms. The van der Waals surface area contributed by atoms with Crippen LogP contribution >= 0.6 is 0 Å². The highest BCUT2D eigenvalue weighted by molar-refractivity contribution is 6.19. The Morgan fingerprint density at radius 3 is 0.748 bits per heavy atom. The number of fused-ring (bicyclic) bond motifs is 16. The zero-order valence-corrected chi connectivity index (χ0v) is 75.6. The molecule has 9 nitrogen and oxygen atoms in total. The lowest BCUT2D eigenvalue weighted by Gasteiger charge is -2.29. The third-order valence-electron chi connectivity index (χ3n) is 27.3. The summed E-state index contributed by atoms with van der Waals surface area (Å²) in [6, 6.07) is 185. The van der Waals surface area contributed by atoms with Crippen molar-refractivity contribution in [1.82, 2.24) is 13.7 Å². The fraction of sp³-hybridized carbons (Fsp3) is 0. The smallest absolute Gasteiger partial charge is 0.152 e. The first-order valence-corrected chi connectivity index (χ1v) is 47.3. The standard InChI is InChI=1S/C48H32N2O.C46H30N2O.C36H24N2O/c1-3-11-33(12-4-1)35-21-27-38(28-22-35)49(39-29-23-36(24-30-39)34-13-5-2-6-14-34)40-31-25-37(26-32-40)41-15-9-16-42-43-17-10-20-46-48(43)50(47(41)42)44-18-7-8-19-45(44)51-46;1-2-13-31(14-3-1)35-18-6-7-22-40(35)47(41-24-10-16-32-15-4-5-17-36(32)41)34-29-27-33(28-30-34)37-19-11-20-38-39-21-12-26-44-46(39)48(45(37)38)42-23-8-9-25-43(42)49-44;1-3-11-26(12-4-1)37(27-13-5-2-6-14-27)28-23-21-25(22-24-28)29-15-9-16-30-31-17-10-20-34-36(31)38(35(29)30)32-18-7-8-19-33(32)39-34/h1-32H;1-30H;1-24H. The van der Waals surface area contributed by atoms with Crippen LogP contribution in [0.25, 0.3) is 160 Å². The molecule has 6 heterocycles. The summed E-state index contributed by atoms with van der Waals surface area (Å²) in [5.74, 6) is 5.28. The second-order valence-electron chi connectivity index (χ2n) is 35.3. The lowest BCUT2D eigenvalue weighted by Crippen LogP contribution is -2.11. The molecule has 28 rings (SSSR count). The normalized spacial score (nSPS) is 11.8. The van der Waals surface area contributed by atoms with Gasteiger partial charge in [0, 0.05) is 99.8 Å². The van der Waals surface area contributed by atoms with Gasteiger partial charge in [-0.15, -0.1) is 0 Å². The molecule has 9 heteroatoms. The molecular weight excluding hydrogens is 1690 g/mol. The van der Waals surface area contributed by atoms with Crippen molar-refractivity contribution in [3.8, 4) is 118 Å². The maximum Gasteiger partial charge on any atom is 0.152 e. The molecule has 0 N–H and O–H groups in total. The summed E-state index contributed by atoms with van der Waals surface area (Å²) in [5.41, 5.74) is 34.4. The van der Waals surface area contributed by atoms with E-state index in [1.165, 1.54) is 115 Å². The Balaban J connectivity index is 0.000000108. The fourth-order valence-corrected chi connectivity index (χ4v) is 21.1. The number of hydrogen-bond acceptors (Lipinski definition) is 6. The number of para-hydroxylation sites is 15. The van der Waals surface area contributed by atoms with Gasteiger partial charge in [0.15, 0.2) is 34.5 Å². The van der Waals surface area contributed by atoms with Gasteiger partial charge in [-0.25, -0.2) is 0 Å². The lowest BCUT2D eigenvalue weighted by molar-refractivity contribution is 0.476.